The average Bonchev–Trinajstić information content (AvgIpc) is 3.51. The first kappa shape index (κ1) is 23.9. The van der Waals surface area contributed by atoms with Crippen LogP contribution in [-0.4, -0.2) is 21.0 Å². The molecule has 0 bridgehead atoms. The molecule has 2 heterocycles. The highest BCUT2D eigenvalue weighted by molar-refractivity contribution is 8.00. The van der Waals surface area contributed by atoms with Crippen LogP contribution in [0.4, 0.5) is 10.8 Å². The van der Waals surface area contributed by atoms with Crippen molar-refractivity contribution < 1.29 is 14.1 Å². The van der Waals surface area contributed by atoms with E-state index < -0.39 is 10.8 Å². The van der Waals surface area contributed by atoms with Crippen molar-refractivity contribution in [2.75, 3.05) is 5.32 Å². The van der Waals surface area contributed by atoms with Gasteiger partial charge in [-0.1, -0.05) is 59.5 Å². The second-order valence-corrected chi connectivity index (χ2v) is 9.43. The van der Waals surface area contributed by atoms with Crippen LogP contribution in [0.25, 0.3) is 17.4 Å². The quantitative estimate of drug-likeness (QED) is 0.0789. The number of nitrogens with zero attached hydrogens (tertiary/aromatic N) is 4. The zero-order valence-corrected chi connectivity index (χ0v) is 19.9. The zero-order valence-electron chi connectivity index (χ0n) is 18.3. The van der Waals surface area contributed by atoms with Crippen molar-refractivity contribution in [3.8, 4) is 17.4 Å². The lowest BCUT2D eigenvalue weighted by Gasteiger charge is -2.02. The van der Waals surface area contributed by atoms with Crippen LogP contribution in [0, 0.1) is 28.4 Å². The van der Waals surface area contributed by atoms with Gasteiger partial charge in [0.05, 0.1) is 4.92 Å². The number of aromatic nitrogens is 2. The number of furan rings is 1. The highest BCUT2D eigenvalue weighted by Gasteiger charge is 2.16. The number of aryl methyl sites for hydroxylation is 1. The molecule has 174 valence electrons. The van der Waals surface area contributed by atoms with E-state index in [4.69, 9.17) is 4.42 Å². The molecule has 0 saturated heterocycles. The molecule has 2 aromatic heterocycles. The number of hydrogen-bond acceptors (Lipinski definition) is 9. The number of hydrogen-bond donors (Lipinski definition) is 1. The number of non-ortho nitro benzene ring substituents is 1. The molecule has 35 heavy (non-hydrogen) atoms. The predicted molar refractivity (Wildman–Crippen MR) is 134 cm³/mol. The third-order valence-electron chi connectivity index (χ3n) is 4.81. The Morgan fingerprint density at radius 2 is 2.03 bits per heavy atom. The Kier molecular flexibility index (Phi) is 7.35. The summed E-state index contributed by atoms with van der Waals surface area (Å²) in [6.07, 6.45) is 1.30. The van der Waals surface area contributed by atoms with Gasteiger partial charge in [-0.25, -0.2) is 0 Å². The predicted octanol–water partition coefficient (Wildman–Crippen LogP) is 5.85. The first-order chi connectivity index (χ1) is 16.9. The maximum Gasteiger partial charge on any atom is 0.270 e. The van der Waals surface area contributed by atoms with Gasteiger partial charge in [0.25, 0.3) is 11.6 Å². The van der Waals surface area contributed by atoms with Crippen molar-refractivity contribution in [3.63, 3.8) is 0 Å². The maximum absolute atomic E-state index is 12.6. The second kappa shape index (κ2) is 10.8. The van der Waals surface area contributed by atoms with Gasteiger partial charge < -0.3 is 4.42 Å². The van der Waals surface area contributed by atoms with Gasteiger partial charge in [-0.3, -0.25) is 20.2 Å². The SMILES string of the molecule is Cc1ccc([N+](=O)[O-])cc1-c1ccc(C=C(C#N)C(=O)Nc2nnc(SCc3ccccc3)s2)o1. The Bertz CT molecular complexity index is 1450. The fraction of sp³-hybridized carbons (Fsp3) is 0.0833. The van der Waals surface area contributed by atoms with E-state index in [-0.39, 0.29) is 22.2 Å². The van der Waals surface area contributed by atoms with Gasteiger partial charge in [0.15, 0.2) is 4.34 Å². The third kappa shape index (κ3) is 6.00. The molecule has 0 aliphatic heterocycles. The summed E-state index contributed by atoms with van der Waals surface area (Å²) in [4.78, 5) is 23.2. The molecule has 0 unspecified atom stereocenters. The first-order valence-corrected chi connectivity index (χ1v) is 12.0. The summed E-state index contributed by atoms with van der Waals surface area (Å²) in [6.45, 7) is 1.81. The number of nitrogens with one attached hydrogen (secondary N) is 1. The highest BCUT2D eigenvalue weighted by Crippen LogP contribution is 2.31. The maximum atomic E-state index is 12.6. The molecular formula is C24H17N5O4S2. The normalized spacial score (nSPS) is 11.1. The number of nitro groups is 1. The number of nitro benzene ring substituents is 1. The summed E-state index contributed by atoms with van der Waals surface area (Å²) in [5.74, 6) is 0.721. The molecule has 0 aliphatic rings. The fourth-order valence-corrected chi connectivity index (χ4v) is 4.76. The smallest absolute Gasteiger partial charge is 0.270 e. The Hall–Kier alpha value is -4.27. The van der Waals surface area contributed by atoms with Crippen LogP contribution in [0.15, 0.2) is 75.0 Å². The molecule has 0 spiro atoms. The summed E-state index contributed by atoms with van der Waals surface area (Å²) < 4.78 is 6.43. The summed E-state index contributed by atoms with van der Waals surface area (Å²) in [5, 5.41) is 31.5. The number of amides is 1. The molecule has 0 saturated carbocycles. The Labute approximate surface area is 208 Å². The van der Waals surface area contributed by atoms with Gasteiger partial charge in [0, 0.05) is 29.5 Å². The van der Waals surface area contributed by atoms with Gasteiger partial charge in [-0.15, -0.1) is 10.2 Å². The van der Waals surface area contributed by atoms with Crippen molar-refractivity contribution in [2.24, 2.45) is 0 Å². The molecule has 0 radical (unpaired) electrons. The Balaban J connectivity index is 1.44. The van der Waals surface area contributed by atoms with Crippen LogP contribution in [-0.2, 0) is 10.5 Å². The fourth-order valence-electron chi connectivity index (χ4n) is 3.06. The van der Waals surface area contributed by atoms with Gasteiger partial charge in [0.2, 0.25) is 5.13 Å². The van der Waals surface area contributed by atoms with E-state index in [2.05, 4.69) is 15.5 Å². The molecule has 2 aromatic carbocycles. The van der Waals surface area contributed by atoms with Gasteiger partial charge in [-0.2, -0.15) is 5.26 Å². The summed E-state index contributed by atoms with van der Waals surface area (Å²) in [6, 6.07) is 19.4. The minimum atomic E-state index is -0.646. The molecule has 1 amide bonds. The summed E-state index contributed by atoms with van der Waals surface area (Å²) >= 11 is 2.71. The number of thioether (sulfide) groups is 1. The number of nitriles is 1. The summed E-state index contributed by atoms with van der Waals surface area (Å²) in [7, 11) is 0. The minimum Gasteiger partial charge on any atom is -0.457 e. The van der Waals surface area contributed by atoms with E-state index in [0.717, 1.165) is 16.9 Å². The molecular weight excluding hydrogens is 486 g/mol. The van der Waals surface area contributed by atoms with Crippen molar-refractivity contribution in [1.82, 2.24) is 10.2 Å². The van der Waals surface area contributed by atoms with Crippen LogP contribution < -0.4 is 5.32 Å². The number of rotatable bonds is 8. The van der Waals surface area contributed by atoms with Crippen molar-refractivity contribution in [3.05, 3.63) is 93.2 Å². The summed E-state index contributed by atoms with van der Waals surface area (Å²) in [5.41, 5.74) is 2.24. The number of carbonyl (C=O) groups excluding carboxylic acids is 1. The van der Waals surface area contributed by atoms with Gasteiger partial charge >= 0.3 is 0 Å². The first-order valence-electron chi connectivity index (χ1n) is 10.2. The number of benzene rings is 2. The topological polar surface area (TPSA) is 135 Å². The molecule has 11 heteroatoms. The lowest BCUT2D eigenvalue weighted by atomic mass is 10.1. The van der Waals surface area contributed by atoms with Crippen molar-refractivity contribution >= 4 is 45.9 Å². The average molecular weight is 504 g/mol. The number of carbonyl (C=O) groups is 1. The highest BCUT2D eigenvalue weighted by atomic mass is 32.2. The molecule has 1 N–H and O–H groups in total. The van der Waals surface area contributed by atoms with E-state index in [1.54, 1.807) is 25.1 Å². The van der Waals surface area contributed by atoms with Crippen molar-refractivity contribution in [1.29, 1.82) is 5.26 Å². The number of anilines is 1. The minimum absolute atomic E-state index is 0.0606. The van der Waals surface area contributed by atoms with Crippen LogP contribution in [0.2, 0.25) is 0 Å². The molecule has 0 atom stereocenters. The standard InChI is InChI=1S/C24H17N5O4S2/c1-15-7-8-18(29(31)32)12-20(15)21-10-9-19(33-21)11-17(13-25)22(30)26-23-27-28-24(35-23)34-14-16-5-3-2-4-6-16/h2-12H,14H2,1H3,(H,26,27,30). The van der Waals surface area contributed by atoms with Crippen molar-refractivity contribution in [2.45, 2.75) is 17.0 Å². The molecule has 0 aliphatic carbocycles. The zero-order chi connectivity index (χ0) is 24.8. The van der Waals surface area contributed by atoms with Crippen LogP contribution in [0.1, 0.15) is 16.9 Å². The monoisotopic (exact) mass is 503 g/mol. The second-order valence-electron chi connectivity index (χ2n) is 7.23. The molecule has 4 rings (SSSR count). The molecule has 0 fully saturated rings. The third-order valence-corrected chi connectivity index (χ3v) is 6.85. The van der Waals surface area contributed by atoms with Gasteiger partial charge in [0.1, 0.15) is 23.2 Å². The van der Waals surface area contributed by atoms with Crippen LogP contribution in [0.5, 0.6) is 0 Å². The Morgan fingerprint density at radius 1 is 1.23 bits per heavy atom. The van der Waals surface area contributed by atoms with E-state index in [1.165, 1.54) is 41.3 Å². The van der Waals surface area contributed by atoms with E-state index >= 15 is 0 Å². The molecule has 9 nitrogen and oxygen atoms in total. The Morgan fingerprint density at radius 3 is 2.77 bits per heavy atom. The van der Waals surface area contributed by atoms with E-state index in [1.807, 2.05) is 36.4 Å². The lowest BCUT2D eigenvalue weighted by Crippen LogP contribution is -2.13. The van der Waals surface area contributed by atoms with Crippen LogP contribution >= 0.6 is 23.1 Å². The van der Waals surface area contributed by atoms with Crippen LogP contribution in [0.3, 0.4) is 0 Å². The lowest BCUT2D eigenvalue weighted by molar-refractivity contribution is -0.384. The van der Waals surface area contributed by atoms with E-state index in [9.17, 15) is 20.2 Å². The molecule has 4 aromatic rings. The van der Waals surface area contributed by atoms with E-state index in [0.29, 0.717) is 15.7 Å². The largest absolute Gasteiger partial charge is 0.457 e. The van der Waals surface area contributed by atoms with Gasteiger partial charge in [-0.05, 0) is 30.2 Å².